The van der Waals surface area contributed by atoms with Crippen molar-refractivity contribution in [3.05, 3.63) is 0 Å². The molecule has 0 bridgehead atoms. The van der Waals surface area contributed by atoms with Crippen molar-refractivity contribution in [2.75, 3.05) is 26.2 Å². The van der Waals surface area contributed by atoms with Crippen LogP contribution in [-0.2, 0) is 9.53 Å². The average molecular weight is 215 g/mol. The number of carbonyl (C=O) groups is 1. The molecule has 0 aromatic rings. The van der Waals surface area contributed by atoms with Crippen LogP contribution in [0.5, 0.6) is 0 Å². The Balaban J connectivity index is 2.51. The maximum Gasteiger partial charge on any atom is 0.126 e. The highest BCUT2D eigenvalue weighted by Gasteiger charge is 2.28. The second-order valence-electron chi connectivity index (χ2n) is 5.05. The molecular weight excluding hydrogens is 194 g/mol. The predicted molar refractivity (Wildman–Crippen MR) is 57.7 cm³/mol. The number of ether oxygens (including phenoxy) is 1. The summed E-state index contributed by atoms with van der Waals surface area (Å²) in [5, 5.41) is 9.06. The van der Waals surface area contributed by atoms with Gasteiger partial charge in [-0.05, 0) is 6.92 Å². The molecule has 1 fully saturated rings. The molecule has 4 heteroatoms. The summed E-state index contributed by atoms with van der Waals surface area (Å²) < 4.78 is 5.53. The first-order chi connectivity index (χ1) is 6.96. The number of aliphatic hydroxyl groups is 1. The van der Waals surface area contributed by atoms with Gasteiger partial charge in [0.2, 0.25) is 0 Å². The number of nitrogens with zero attached hydrogens (tertiary/aromatic N) is 1. The Morgan fingerprint density at radius 3 is 2.73 bits per heavy atom. The number of rotatable bonds is 4. The fourth-order valence-corrected chi connectivity index (χ4v) is 1.98. The third-order valence-corrected chi connectivity index (χ3v) is 2.56. The summed E-state index contributed by atoms with van der Waals surface area (Å²) >= 11 is 0. The van der Waals surface area contributed by atoms with Gasteiger partial charge in [-0.15, -0.1) is 0 Å². The number of hydrogen-bond acceptors (Lipinski definition) is 4. The van der Waals surface area contributed by atoms with Gasteiger partial charge < -0.3 is 14.6 Å². The number of carbonyl (C=O) groups excluding carboxylic acids is 1. The van der Waals surface area contributed by atoms with E-state index < -0.39 is 0 Å². The van der Waals surface area contributed by atoms with E-state index in [1.54, 1.807) is 0 Å². The number of aldehydes is 1. The van der Waals surface area contributed by atoms with Gasteiger partial charge in [0.05, 0.1) is 18.8 Å². The molecule has 2 unspecified atom stereocenters. The highest BCUT2D eigenvalue weighted by molar-refractivity contribution is 5.58. The van der Waals surface area contributed by atoms with Crippen LogP contribution in [0.25, 0.3) is 0 Å². The van der Waals surface area contributed by atoms with Crippen LogP contribution in [0.2, 0.25) is 0 Å². The molecule has 1 N–H and O–H groups in total. The summed E-state index contributed by atoms with van der Waals surface area (Å²) in [5.41, 5.74) is -0.322. The molecule has 1 rings (SSSR count). The monoisotopic (exact) mass is 215 g/mol. The SMILES string of the molecule is CC1CN(CC(C)(C)C=O)CC(CO)O1. The summed E-state index contributed by atoms with van der Waals surface area (Å²) in [6.45, 7) is 8.14. The van der Waals surface area contributed by atoms with Crippen LogP contribution in [0.1, 0.15) is 20.8 Å². The molecule has 0 amide bonds. The van der Waals surface area contributed by atoms with Crippen molar-refractivity contribution in [1.82, 2.24) is 4.90 Å². The fraction of sp³-hybridized carbons (Fsp3) is 0.909. The van der Waals surface area contributed by atoms with Crippen molar-refractivity contribution in [2.24, 2.45) is 5.41 Å². The third-order valence-electron chi connectivity index (χ3n) is 2.56. The minimum Gasteiger partial charge on any atom is -0.394 e. The van der Waals surface area contributed by atoms with Gasteiger partial charge in [-0.1, -0.05) is 13.8 Å². The highest BCUT2D eigenvalue weighted by Crippen LogP contribution is 2.18. The van der Waals surface area contributed by atoms with Crippen LogP contribution in [0.15, 0.2) is 0 Å². The average Bonchev–Trinajstić information content (AvgIpc) is 2.16. The van der Waals surface area contributed by atoms with Crippen molar-refractivity contribution < 1.29 is 14.6 Å². The number of aliphatic hydroxyl groups excluding tert-OH is 1. The Bertz CT molecular complexity index is 218. The Kier molecular flexibility index (Phi) is 4.25. The first-order valence-corrected chi connectivity index (χ1v) is 5.42. The summed E-state index contributed by atoms with van der Waals surface area (Å²) in [7, 11) is 0. The second-order valence-corrected chi connectivity index (χ2v) is 5.05. The Hall–Kier alpha value is -0.450. The molecular formula is C11H21NO3. The van der Waals surface area contributed by atoms with Gasteiger partial charge in [0.15, 0.2) is 0 Å². The quantitative estimate of drug-likeness (QED) is 0.685. The molecule has 88 valence electrons. The summed E-state index contributed by atoms with van der Waals surface area (Å²) in [6, 6.07) is 0. The molecule has 0 aromatic carbocycles. The van der Waals surface area contributed by atoms with E-state index in [0.717, 1.165) is 19.4 Å². The van der Waals surface area contributed by atoms with E-state index >= 15 is 0 Å². The lowest BCUT2D eigenvalue weighted by Gasteiger charge is -2.38. The molecule has 2 atom stereocenters. The number of morpholine rings is 1. The van der Waals surface area contributed by atoms with Gasteiger partial charge in [-0.2, -0.15) is 0 Å². The molecule has 0 aliphatic carbocycles. The van der Waals surface area contributed by atoms with Crippen molar-refractivity contribution >= 4 is 6.29 Å². The molecule has 1 aliphatic heterocycles. The zero-order valence-electron chi connectivity index (χ0n) is 9.77. The van der Waals surface area contributed by atoms with Crippen LogP contribution in [0.4, 0.5) is 0 Å². The molecule has 1 saturated heterocycles. The summed E-state index contributed by atoms with van der Waals surface area (Å²) in [5.74, 6) is 0. The Labute approximate surface area is 91.2 Å². The minimum atomic E-state index is -0.322. The van der Waals surface area contributed by atoms with Gasteiger partial charge in [-0.3, -0.25) is 4.90 Å². The second kappa shape index (κ2) is 5.05. The van der Waals surface area contributed by atoms with E-state index in [-0.39, 0.29) is 24.2 Å². The minimum absolute atomic E-state index is 0.0440. The maximum atomic E-state index is 10.8. The zero-order valence-corrected chi connectivity index (χ0v) is 9.77. The number of hydrogen-bond donors (Lipinski definition) is 1. The van der Waals surface area contributed by atoms with Gasteiger partial charge in [0.1, 0.15) is 6.29 Å². The first kappa shape index (κ1) is 12.6. The lowest BCUT2D eigenvalue weighted by Crippen LogP contribution is -2.50. The van der Waals surface area contributed by atoms with Gasteiger partial charge in [-0.25, -0.2) is 0 Å². The molecule has 0 spiro atoms. The Morgan fingerprint density at radius 1 is 1.53 bits per heavy atom. The first-order valence-electron chi connectivity index (χ1n) is 5.42. The predicted octanol–water partition coefficient (Wildman–Crippen LogP) is 0.293. The molecule has 15 heavy (non-hydrogen) atoms. The van der Waals surface area contributed by atoms with Crippen molar-refractivity contribution in [1.29, 1.82) is 0 Å². The van der Waals surface area contributed by atoms with Crippen molar-refractivity contribution in [3.8, 4) is 0 Å². The maximum absolute atomic E-state index is 10.8. The molecule has 0 radical (unpaired) electrons. The molecule has 1 aliphatic rings. The van der Waals surface area contributed by atoms with Gasteiger partial charge >= 0.3 is 0 Å². The van der Waals surface area contributed by atoms with Gasteiger partial charge in [0, 0.05) is 25.0 Å². The molecule has 0 aromatic heterocycles. The highest BCUT2D eigenvalue weighted by atomic mass is 16.5. The molecule has 4 nitrogen and oxygen atoms in total. The lowest BCUT2D eigenvalue weighted by atomic mass is 9.94. The van der Waals surface area contributed by atoms with Crippen molar-refractivity contribution in [3.63, 3.8) is 0 Å². The summed E-state index contributed by atoms with van der Waals surface area (Å²) in [6.07, 6.45) is 0.996. The van der Waals surface area contributed by atoms with E-state index in [0.29, 0.717) is 6.54 Å². The topological polar surface area (TPSA) is 49.8 Å². The van der Waals surface area contributed by atoms with E-state index in [4.69, 9.17) is 9.84 Å². The Morgan fingerprint density at radius 2 is 2.20 bits per heavy atom. The van der Waals surface area contributed by atoms with E-state index in [2.05, 4.69) is 4.90 Å². The van der Waals surface area contributed by atoms with E-state index in [9.17, 15) is 4.79 Å². The van der Waals surface area contributed by atoms with Crippen LogP contribution >= 0.6 is 0 Å². The van der Waals surface area contributed by atoms with E-state index in [1.807, 2.05) is 20.8 Å². The van der Waals surface area contributed by atoms with Gasteiger partial charge in [0.25, 0.3) is 0 Å². The zero-order chi connectivity index (χ0) is 11.5. The normalized spacial score (nSPS) is 29.1. The van der Waals surface area contributed by atoms with Crippen LogP contribution in [-0.4, -0.2) is 54.7 Å². The van der Waals surface area contributed by atoms with Crippen LogP contribution in [0.3, 0.4) is 0 Å². The fourth-order valence-electron chi connectivity index (χ4n) is 1.98. The molecule has 0 saturated carbocycles. The third kappa shape index (κ3) is 3.89. The lowest BCUT2D eigenvalue weighted by molar-refractivity contribution is -0.121. The van der Waals surface area contributed by atoms with Crippen LogP contribution < -0.4 is 0 Å². The van der Waals surface area contributed by atoms with E-state index in [1.165, 1.54) is 0 Å². The standard InChI is InChI=1S/C11H21NO3/c1-9-4-12(5-10(6-13)15-9)7-11(2,3)8-14/h8-10,13H,4-7H2,1-3H3. The smallest absolute Gasteiger partial charge is 0.126 e. The molecule has 1 heterocycles. The largest absolute Gasteiger partial charge is 0.394 e. The van der Waals surface area contributed by atoms with Crippen molar-refractivity contribution in [2.45, 2.75) is 33.0 Å². The van der Waals surface area contributed by atoms with Crippen LogP contribution in [0, 0.1) is 5.41 Å². The summed E-state index contributed by atoms with van der Waals surface area (Å²) in [4.78, 5) is 13.0.